The molecular formula is C21H20N4O2. The number of anilines is 1. The van der Waals surface area contributed by atoms with Crippen LogP contribution in [0.4, 0.5) is 5.69 Å². The van der Waals surface area contributed by atoms with E-state index in [-0.39, 0.29) is 0 Å². The summed E-state index contributed by atoms with van der Waals surface area (Å²) in [4.78, 5) is 4.55. The molecule has 0 fully saturated rings. The zero-order valence-electron chi connectivity index (χ0n) is 15.8. The SMILES string of the molecule is CCOc1nc(C)cc2c1[C@H](c1ccc(C#N)cc1OC)C(C#N)=C(C)N2. The van der Waals surface area contributed by atoms with E-state index >= 15 is 0 Å². The van der Waals surface area contributed by atoms with Gasteiger partial charge >= 0.3 is 0 Å². The van der Waals surface area contributed by atoms with Crippen LogP contribution in [0.25, 0.3) is 0 Å². The third-order valence-electron chi connectivity index (χ3n) is 4.53. The number of hydrogen-bond donors (Lipinski definition) is 1. The summed E-state index contributed by atoms with van der Waals surface area (Å²) in [6, 6.07) is 11.6. The zero-order chi connectivity index (χ0) is 19.6. The van der Waals surface area contributed by atoms with E-state index in [1.165, 1.54) is 0 Å². The molecule has 6 nitrogen and oxygen atoms in total. The molecule has 0 saturated carbocycles. The molecule has 2 aromatic rings. The summed E-state index contributed by atoms with van der Waals surface area (Å²) >= 11 is 0. The van der Waals surface area contributed by atoms with Gasteiger partial charge in [0.1, 0.15) is 5.75 Å². The van der Waals surface area contributed by atoms with Crippen LogP contribution in [0.15, 0.2) is 35.5 Å². The molecule has 0 spiro atoms. The number of benzene rings is 1. The van der Waals surface area contributed by atoms with Crippen molar-refractivity contribution in [3.63, 3.8) is 0 Å². The van der Waals surface area contributed by atoms with Crippen molar-refractivity contribution in [2.45, 2.75) is 26.7 Å². The Morgan fingerprint density at radius 2 is 1.96 bits per heavy atom. The number of methoxy groups -OCH3 is 1. The van der Waals surface area contributed by atoms with Crippen LogP contribution >= 0.6 is 0 Å². The molecule has 136 valence electrons. The minimum atomic E-state index is -0.399. The lowest BCUT2D eigenvalue weighted by molar-refractivity contribution is 0.321. The first kappa shape index (κ1) is 18.3. The van der Waals surface area contributed by atoms with Gasteiger partial charge in [0, 0.05) is 22.6 Å². The van der Waals surface area contributed by atoms with Crippen LogP contribution < -0.4 is 14.8 Å². The second-order valence-electron chi connectivity index (χ2n) is 6.24. The Morgan fingerprint density at radius 3 is 2.59 bits per heavy atom. The average molecular weight is 360 g/mol. The van der Waals surface area contributed by atoms with E-state index in [2.05, 4.69) is 22.4 Å². The highest BCUT2D eigenvalue weighted by Crippen LogP contribution is 2.47. The molecule has 0 aliphatic carbocycles. The number of nitrogens with one attached hydrogen (secondary N) is 1. The van der Waals surface area contributed by atoms with E-state index in [9.17, 15) is 10.5 Å². The summed E-state index contributed by atoms with van der Waals surface area (Å²) in [5.41, 5.74) is 5.11. The van der Waals surface area contributed by atoms with E-state index in [1.807, 2.05) is 32.9 Å². The van der Waals surface area contributed by atoms with Gasteiger partial charge in [0.15, 0.2) is 0 Å². The molecule has 6 heteroatoms. The molecule has 2 heterocycles. The second kappa shape index (κ2) is 7.39. The largest absolute Gasteiger partial charge is 0.496 e. The van der Waals surface area contributed by atoms with Crippen molar-refractivity contribution >= 4 is 5.69 Å². The van der Waals surface area contributed by atoms with Crippen molar-refractivity contribution in [3.05, 3.63) is 57.9 Å². The number of ether oxygens (including phenoxy) is 2. The maximum atomic E-state index is 9.86. The quantitative estimate of drug-likeness (QED) is 0.885. The van der Waals surface area contributed by atoms with Crippen molar-refractivity contribution in [1.82, 2.24) is 4.98 Å². The predicted molar refractivity (Wildman–Crippen MR) is 102 cm³/mol. The van der Waals surface area contributed by atoms with E-state index in [4.69, 9.17) is 9.47 Å². The predicted octanol–water partition coefficient (Wildman–Crippen LogP) is 4.02. The Bertz CT molecular complexity index is 1010. The first-order valence-corrected chi connectivity index (χ1v) is 8.64. The smallest absolute Gasteiger partial charge is 0.219 e. The minimum Gasteiger partial charge on any atom is -0.496 e. The van der Waals surface area contributed by atoms with Crippen LogP contribution in [0.3, 0.4) is 0 Å². The van der Waals surface area contributed by atoms with Crippen molar-refractivity contribution in [2.24, 2.45) is 0 Å². The average Bonchev–Trinajstić information content (AvgIpc) is 2.66. The van der Waals surface area contributed by atoms with Gasteiger partial charge < -0.3 is 14.8 Å². The third-order valence-corrected chi connectivity index (χ3v) is 4.53. The first-order chi connectivity index (χ1) is 13.0. The van der Waals surface area contributed by atoms with Gasteiger partial charge in [-0.05, 0) is 39.0 Å². The lowest BCUT2D eigenvalue weighted by atomic mass is 9.81. The monoisotopic (exact) mass is 360 g/mol. The highest BCUT2D eigenvalue weighted by atomic mass is 16.5. The number of fused-ring (bicyclic) bond motifs is 1. The second-order valence-corrected chi connectivity index (χ2v) is 6.24. The normalized spacial score (nSPS) is 15.3. The van der Waals surface area contributed by atoms with Crippen molar-refractivity contribution in [1.29, 1.82) is 10.5 Å². The molecule has 1 atom stereocenters. The molecule has 27 heavy (non-hydrogen) atoms. The molecular weight excluding hydrogens is 340 g/mol. The van der Waals surface area contributed by atoms with Gasteiger partial charge in [0.25, 0.3) is 0 Å². The molecule has 0 radical (unpaired) electrons. The number of allylic oxidation sites excluding steroid dienone is 2. The van der Waals surface area contributed by atoms with E-state index in [0.29, 0.717) is 29.4 Å². The lowest BCUT2D eigenvalue weighted by Gasteiger charge is -2.30. The van der Waals surface area contributed by atoms with Gasteiger partial charge in [-0.15, -0.1) is 0 Å². The number of aryl methyl sites for hydroxylation is 1. The van der Waals surface area contributed by atoms with Gasteiger partial charge in [-0.3, -0.25) is 0 Å². The number of rotatable bonds is 4. The summed E-state index contributed by atoms with van der Waals surface area (Å²) in [6.45, 7) is 6.14. The number of pyridine rings is 1. The Morgan fingerprint density at radius 1 is 1.19 bits per heavy atom. The minimum absolute atomic E-state index is 0.399. The van der Waals surface area contributed by atoms with Crippen LogP contribution in [-0.4, -0.2) is 18.7 Å². The molecule has 3 rings (SSSR count). The molecule has 1 aliphatic heterocycles. The van der Waals surface area contributed by atoms with E-state index < -0.39 is 5.92 Å². The fraction of sp³-hybridized carbons (Fsp3) is 0.286. The lowest BCUT2D eigenvalue weighted by Crippen LogP contribution is -2.20. The molecule has 1 aromatic heterocycles. The highest BCUT2D eigenvalue weighted by molar-refractivity contribution is 5.71. The summed E-state index contributed by atoms with van der Waals surface area (Å²) in [5.74, 6) is 0.649. The maximum absolute atomic E-state index is 9.86. The number of nitrogens with zero attached hydrogens (tertiary/aromatic N) is 3. The van der Waals surface area contributed by atoms with Crippen LogP contribution in [-0.2, 0) is 0 Å². The molecule has 1 aromatic carbocycles. The summed E-state index contributed by atoms with van der Waals surface area (Å²) in [7, 11) is 1.56. The Labute approximate surface area is 158 Å². The van der Waals surface area contributed by atoms with Crippen molar-refractivity contribution in [2.75, 3.05) is 19.0 Å². The summed E-state index contributed by atoms with van der Waals surface area (Å²) in [5, 5.41) is 22.4. The maximum Gasteiger partial charge on any atom is 0.219 e. The molecule has 0 saturated heterocycles. The van der Waals surface area contributed by atoms with Crippen LogP contribution in [0.2, 0.25) is 0 Å². The molecule has 0 amide bonds. The van der Waals surface area contributed by atoms with Crippen LogP contribution in [0.1, 0.15) is 42.1 Å². The molecule has 1 N–H and O–H groups in total. The standard InChI is InChI=1S/C21H20N4O2/c1-5-27-21-20-17(8-12(2)24-21)25-13(3)16(11-23)19(20)15-7-6-14(10-22)9-18(15)26-4/h6-9,19,25H,5H2,1-4H3/t19-/m1/s1. The van der Waals surface area contributed by atoms with Gasteiger partial charge in [-0.2, -0.15) is 10.5 Å². The number of hydrogen-bond acceptors (Lipinski definition) is 6. The van der Waals surface area contributed by atoms with Gasteiger partial charge in [0.2, 0.25) is 5.88 Å². The van der Waals surface area contributed by atoms with Crippen molar-refractivity contribution < 1.29 is 9.47 Å². The van der Waals surface area contributed by atoms with Gasteiger partial charge in [0.05, 0.1) is 48.5 Å². The number of aromatic nitrogens is 1. The van der Waals surface area contributed by atoms with Crippen molar-refractivity contribution in [3.8, 4) is 23.8 Å². The fourth-order valence-electron chi connectivity index (χ4n) is 3.39. The topological polar surface area (TPSA) is 91.0 Å². The van der Waals surface area contributed by atoms with Gasteiger partial charge in [-0.25, -0.2) is 4.98 Å². The van der Waals surface area contributed by atoms with E-state index in [1.54, 1.807) is 19.2 Å². The highest BCUT2D eigenvalue weighted by Gasteiger charge is 2.34. The molecule has 1 aliphatic rings. The molecule has 0 bridgehead atoms. The van der Waals surface area contributed by atoms with Crippen LogP contribution in [0, 0.1) is 29.6 Å². The van der Waals surface area contributed by atoms with Crippen LogP contribution in [0.5, 0.6) is 11.6 Å². The first-order valence-electron chi connectivity index (χ1n) is 8.64. The third kappa shape index (κ3) is 3.18. The summed E-state index contributed by atoms with van der Waals surface area (Å²) in [6.07, 6.45) is 0. The van der Waals surface area contributed by atoms with E-state index in [0.717, 1.165) is 28.2 Å². The molecule has 0 unspecified atom stereocenters. The Balaban J connectivity index is 2.33. The zero-order valence-corrected chi connectivity index (χ0v) is 15.8. The Kier molecular flexibility index (Phi) is 5.00. The Hall–Kier alpha value is -3.51. The summed E-state index contributed by atoms with van der Waals surface area (Å²) < 4.78 is 11.4. The number of nitriles is 2. The van der Waals surface area contributed by atoms with Gasteiger partial charge in [-0.1, -0.05) is 6.07 Å². The fourth-order valence-corrected chi connectivity index (χ4v) is 3.39.